The van der Waals surface area contributed by atoms with Crippen molar-refractivity contribution in [2.24, 2.45) is 0 Å². The normalized spacial score (nSPS) is 10.1. The first kappa shape index (κ1) is 9.97. The number of carbonyl (C=O) groups excluding carboxylic acids is 1. The van der Waals surface area contributed by atoms with E-state index >= 15 is 0 Å². The molecule has 0 aliphatic heterocycles. The molecule has 70 valence electrons. The average molecular weight is 176 g/mol. The molecule has 0 spiro atoms. The SMILES string of the molecule is CCC(=O)c1cccc(CC)c1C. The predicted molar refractivity (Wildman–Crippen MR) is 55.2 cm³/mol. The van der Waals surface area contributed by atoms with Crippen LogP contribution in [0.4, 0.5) is 0 Å². The maximum Gasteiger partial charge on any atom is 0.162 e. The Bertz CT molecular complexity index is 313. The van der Waals surface area contributed by atoms with Gasteiger partial charge >= 0.3 is 0 Å². The van der Waals surface area contributed by atoms with Crippen molar-refractivity contribution < 1.29 is 4.79 Å². The highest BCUT2D eigenvalue weighted by molar-refractivity contribution is 5.97. The molecule has 1 nitrogen and oxygen atoms in total. The number of hydrogen-bond acceptors (Lipinski definition) is 1. The topological polar surface area (TPSA) is 17.1 Å². The standard InChI is InChI=1S/C12H16O/c1-4-10-7-6-8-11(9(10)3)12(13)5-2/h6-8H,4-5H2,1-3H3. The molecule has 0 aliphatic rings. The number of ketones is 1. The van der Waals surface area contributed by atoms with Crippen molar-refractivity contribution in [3.8, 4) is 0 Å². The second-order valence-corrected chi connectivity index (χ2v) is 3.22. The molecule has 0 heterocycles. The third kappa shape index (κ3) is 1.97. The van der Waals surface area contributed by atoms with Crippen molar-refractivity contribution in [2.45, 2.75) is 33.6 Å². The highest BCUT2D eigenvalue weighted by Gasteiger charge is 2.07. The summed E-state index contributed by atoms with van der Waals surface area (Å²) in [6, 6.07) is 5.97. The van der Waals surface area contributed by atoms with Crippen LogP contribution in [0.2, 0.25) is 0 Å². The van der Waals surface area contributed by atoms with Gasteiger partial charge in [0.05, 0.1) is 0 Å². The summed E-state index contributed by atoms with van der Waals surface area (Å²) >= 11 is 0. The molecule has 0 saturated carbocycles. The summed E-state index contributed by atoms with van der Waals surface area (Å²) in [6.45, 7) is 6.05. The minimum Gasteiger partial charge on any atom is -0.294 e. The van der Waals surface area contributed by atoms with Crippen LogP contribution in [0.5, 0.6) is 0 Å². The second-order valence-electron chi connectivity index (χ2n) is 3.22. The Morgan fingerprint density at radius 3 is 2.54 bits per heavy atom. The first-order valence-corrected chi connectivity index (χ1v) is 4.82. The van der Waals surface area contributed by atoms with Gasteiger partial charge in [-0.1, -0.05) is 32.0 Å². The summed E-state index contributed by atoms with van der Waals surface area (Å²) in [5.41, 5.74) is 3.32. The fraction of sp³-hybridized carbons (Fsp3) is 0.417. The predicted octanol–water partition coefficient (Wildman–Crippen LogP) is 3.15. The first-order chi connectivity index (χ1) is 6.20. The maximum atomic E-state index is 11.5. The molecule has 0 N–H and O–H groups in total. The Morgan fingerprint density at radius 1 is 1.31 bits per heavy atom. The van der Waals surface area contributed by atoms with E-state index in [2.05, 4.69) is 13.0 Å². The first-order valence-electron chi connectivity index (χ1n) is 4.82. The van der Waals surface area contributed by atoms with Gasteiger partial charge in [-0.3, -0.25) is 4.79 Å². The molecule has 0 aliphatic carbocycles. The summed E-state index contributed by atoms with van der Waals surface area (Å²) in [6.07, 6.45) is 1.59. The third-order valence-electron chi connectivity index (χ3n) is 2.45. The van der Waals surface area contributed by atoms with E-state index in [0.717, 1.165) is 17.5 Å². The summed E-state index contributed by atoms with van der Waals surface area (Å²) in [7, 11) is 0. The highest BCUT2D eigenvalue weighted by atomic mass is 16.1. The van der Waals surface area contributed by atoms with Gasteiger partial charge < -0.3 is 0 Å². The van der Waals surface area contributed by atoms with Crippen LogP contribution in [0.15, 0.2) is 18.2 Å². The minimum atomic E-state index is 0.243. The van der Waals surface area contributed by atoms with E-state index in [1.807, 2.05) is 26.0 Å². The van der Waals surface area contributed by atoms with E-state index in [1.54, 1.807) is 0 Å². The number of aryl methyl sites for hydroxylation is 1. The van der Waals surface area contributed by atoms with Crippen molar-refractivity contribution in [3.63, 3.8) is 0 Å². The molecule has 0 radical (unpaired) electrons. The molecule has 0 atom stereocenters. The van der Waals surface area contributed by atoms with Gasteiger partial charge in [0.2, 0.25) is 0 Å². The van der Waals surface area contributed by atoms with Gasteiger partial charge in [-0.05, 0) is 24.5 Å². The zero-order valence-electron chi connectivity index (χ0n) is 8.55. The lowest BCUT2D eigenvalue weighted by atomic mass is 9.97. The van der Waals surface area contributed by atoms with E-state index in [1.165, 1.54) is 5.56 Å². The van der Waals surface area contributed by atoms with Gasteiger partial charge in [0.15, 0.2) is 5.78 Å². The number of Topliss-reactive ketones (excluding diaryl/α,β-unsaturated/α-hetero) is 1. The largest absolute Gasteiger partial charge is 0.294 e. The minimum absolute atomic E-state index is 0.243. The van der Waals surface area contributed by atoms with E-state index in [0.29, 0.717) is 6.42 Å². The van der Waals surface area contributed by atoms with E-state index in [4.69, 9.17) is 0 Å². The highest BCUT2D eigenvalue weighted by Crippen LogP contribution is 2.15. The van der Waals surface area contributed by atoms with E-state index in [-0.39, 0.29) is 5.78 Å². The summed E-state index contributed by atoms with van der Waals surface area (Å²) in [4.78, 5) is 11.5. The van der Waals surface area contributed by atoms with Crippen LogP contribution in [0.25, 0.3) is 0 Å². The Balaban J connectivity index is 3.15. The van der Waals surface area contributed by atoms with Crippen LogP contribution in [0, 0.1) is 6.92 Å². The molecular formula is C12H16O. The molecule has 0 saturated heterocycles. The van der Waals surface area contributed by atoms with Gasteiger partial charge in [0.25, 0.3) is 0 Å². The van der Waals surface area contributed by atoms with Crippen LogP contribution in [0.1, 0.15) is 41.8 Å². The van der Waals surface area contributed by atoms with Crippen LogP contribution in [-0.2, 0) is 6.42 Å². The molecule has 0 fully saturated rings. The number of carbonyl (C=O) groups is 1. The second kappa shape index (κ2) is 4.22. The van der Waals surface area contributed by atoms with Gasteiger partial charge in [-0.25, -0.2) is 0 Å². The van der Waals surface area contributed by atoms with Crippen LogP contribution >= 0.6 is 0 Å². The van der Waals surface area contributed by atoms with Crippen LogP contribution in [0.3, 0.4) is 0 Å². The summed E-state index contributed by atoms with van der Waals surface area (Å²) in [5.74, 6) is 0.243. The maximum absolute atomic E-state index is 11.5. The fourth-order valence-corrected chi connectivity index (χ4v) is 1.56. The van der Waals surface area contributed by atoms with Gasteiger partial charge in [0, 0.05) is 12.0 Å². The van der Waals surface area contributed by atoms with Crippen molar-refractivity contribution in [2.75, 3.05) is 0 Å². The van der Waals surface area contributed by atoms with Crippen LogP contribution in [-0.4, -0.2) is 5.78 Å². The Kier molecular flexibility index (Phi) is 3.24. The van der Waals surface area contributed by atoms with E-state index < -0.39 is 0 Å². The average Bonchev–Trinajstić information content (AvgIpc) is 2.17. The molecule has 1 heteroatoms. The molecule has 0 aromatic heterocycles. The monoisotopic (exact) mass is 176 g/mol. The summed E-state index contributed by atoms with van der Waals surface area (Å²) in [5, 5.41) is 0. The molecule has 1 aromatic carbocycles. The quantitative estimate of drug-likeness (QED) is 0.646. The molecule has 1 rings (SSSR count). The molecule has 0 bridgehead atoms. The zero-order chi connectivity index (χ0) is 9.84. The number of benzene rings is 1. The Hall–Kier alpha value is -1.11. The lowest BCUT2D eigenvalue weighted by molar-refractivity contribution is 0.0987. The van der Waals surface area contributed by atoms with Crippen molar-refractivity contribution in [1.82, 2.24) is 0 Å². The molecule has 0 amide bonds. The van der Waals surface area contributed by atoms with Gasteiger partial charge in [0.1, 0.15) is 0 Å². The van der Waals surface area contributed by atoms with Crippen LogP contribution < -0.4 is 0 Å². The lowest BCUT2D eigenvalue weighted by Crippen LogP contribution is -2.01. The Morgan fingerprint density at radius 2 is 2.00 bits per heavy atom. The molecular weight excluding hydrogens is 160 g/mol. The van der Waals surface area contributed by atoms with Crippen molar-refractivity contribution in [1.29, 1.82) is 0 Å². The van der Waals surface area contributed by atoms with E-state index in [9.17, 15) is 4.79 Å². The van der Waals surface area contributed by atoms with Crippen molar-refractivity contribution >= 4 is 5.78 Å². The lowest BCUT2D eigenvalue weighted by Gasteiger charge is -2.07. The molecule has 13 heavy (non-hydrogen) atoms. The smallest absolute Gasteiger partial charge is 0.162 e. The number of rotatable bonds is 3. The molecule has 0 unspecified atom stereocenters. The summed E-state index contributed by atoms with van der Waals surface area (Å²) < 4.78 is 0. The number of hydrogen-bond donors (Lipinski definition) is 0. The third-order valence-corrected chi connectivity index (χ3v) is 2.45. The fourth-order valence-electron chi connectivity index (χ4n) is 1.56. The van der Waals surface area contributed by atoms with Gasteiger partial charge in [-0.15, -0.1) is 0 Å². The Labute approximate surface area is 79.8 Å². The molecule has 1 aromatic rings. The van der Waals surface area contributed by atoms with Crippen molar-refractivity contribution in [3.05, 3.63) is 34.9 Å². The zero-order valence-corrected chi connectivity index (χ0v) is 8.55. The van der Waals surface area contributed by atoms with Gasteiger partial charge in [-0.2, -0.15) is 0 Å².